The molecule has 0 aliphatic rings. The van der Waals surface area contributed by atoms with Gasteiger partial charge in [-0.05, 0) is 19.1 Å². The molecule has 0 atom stereocenters. The van der Waals surface area contributed by atoms with Crippen LogP contribution in [0, 0.1) is 28.9 Å². The summed E-state index contributed by atoms with van der Waals surface area (Å²) in [5.74, 6) is -0.574. The normalized spacial score (nSPS) is 9.64. The van der Waals surface area contributed by atoms with Crippen LogP contribution in [0.2, 0.25) is 0 Å². The van der Waals surface area contributed by atoms with Gasteiger partial charge in [0.25, 0.3) is 5.69 Å². The fourth-order valence-corrected chi connectivity index (χ4v) is 0.730. The van der Waals surface area contributed by atoms with E-state index in [0.29, 0.717) is 0 Å². The summed E-state index contributed by atoms with van der Waals surface area (Å²) in [7, 11) is 0. The van der Waals surface area contributed by atoms with Gasteiger partial charge in [0.1, 0.15) is 5.82 Å². The fourth-order valence-electron chi connectivity index (χ4n) is 0.730. The van der Waals surface area contributed by atoms with Gasteiger partial charge in [-0.2, -0.15) is 0 Å². The first-order valence-electron chi connectivity index (χ1n) is 2.94. The average Bonchev–Trinajstić information content (AvgIpc) is 1.94. The smallest absolute Gasteiger partial charge is 0.258 e. The molecule has 11 heavy (non-hydrogen) atoms. The van der Waals surface area contributed by atoms with Crippen LogP contribution in [0.3, 0.4) is 0 Å². The van der Waals surface area contributed by atoms with Crippen LogP contribution < -0.4 is 0 Å². The third-order valence-electron chi connectivity index (χ3n) is 1.35. The van der Waals surface area contributed by atoms with Gasteiger partial charge in [0.2, 0.25) is 0 Å². The van der Waals surface area contributed by atoms with Gasteiger partial charge in [0.05, 0.1) is 16.6 Å². The van der Waals surface area contributed by atoms with Crippen molar-refractivity contribution < 1.29 is 9.31 Å². The molecule has 0 bridgehead atoms. The van der Waals surface area contributed by atoms with Gasteiger partial charge in [-0.3, -0.25) is 10.1 Å². The maximum Gasteiger partial charge on any atom is 0.283 e. The summed E-state index contributed by atoms with van der Waals surface area (Å²) in [5, 5.41) is 10.2. The Morgan fingerprint density at radius 1 is 1.73 bits per heavy atom. The summed E-state index contributed by atoms with van der Waals surface area (Å²) < 4.78 is 12.6. The molecule has 0 N–H and O–H groups in total. The van der Waals surface area contributed by atoms with Gasteiger partial charge in [-0.15, -0.1) is 0 Å². The zero-order valence-electron chi connectivity index (χ0n) is 5.80. The lowest BCUT2D eigenvalue weighted by Gasteiger charge is -1.95. The largest absolute Gasteiger partial charge is 0.283 e. The Kier molecular flexibility index (Phi) is 1.85. The van der Waals surface area contributed by atoms with Crippen LogP contribution >= 0.6 is 0 Å². The van der Waals surface area contributed by atoms with E-state index in [1.807, 2.05) is 0 Å². The van der Waals surface area contributed by atoms with Gasteiger partial charge in [0.15, 0.2) is 0 Å². The fraction of sp³-hybridized carbons (Fsp3) is 0.143. The topological polar surface area (TPSA) is 43.1 Å². The van der Waals surface area contributed by atoms with Crippen molar-refractivity contribution in [3.8, 4) is 0 Å². The molecule has 1 rings (SSSR count). The Hall–Kier alpha value is -1.45. The molecule has 0 fully saturated rings. The van der Waals surface area contributed by atoms with E-state index in [1.54, 1.807) is 0 Å². The first-order valence-corrected chi connectivity index (χ1v) is 2.94. The van der Waals surface area contributed by atoms with Crippen LogP contribution in [0.15, 0.2) is 12.1 Å². The highest BCUT2D eigenvalue weighted by molar-refractivity contribution is 5.38. The molecule has 0 aliphatic carbocycles. The van der Waals surface area contributed by atoms with E-state index < -0.39 is 10.7 Å². The van der Waals surface area contributed by atoms with Crippen LogP contribution in [0.4, 0.5) is 10.1 Å². The number of benzene rings is 1. The summed E-state index contributed by atoms with van der Waals surface area (Å²) in [6.45, 7) is 1.35. The second-order valence-electron chi connectivity index (χ2n) is 2.06. The van der Waals surface area contributed by atoms with Crippen LogP contribution in [0.1, 0.15) is 5.56 Å². The lowest BCUT2D eigenvalue weighted by molar-refractivity contribution is -0.385. The van der Waals surface area contributed by atoms with Gasteiger partial charge in [-0.1, -0.05) is 0 Å². The quantitative estimate of drug-likeness (QED) is 0.457. The Balaban J connectivity index is 3.27. The zero-order valence-corrected chi connectivity index (χ0v) is 5.80. The van der Waals surface area contributed by atoms with E-state index >= 15 is 0 Å². The molecule has 57 valence electrons. The van der Waals surface area contributed by atoms with E-state index in [0.717, 1.165) is 6.07 Å². The number of nitro benzene ring substituents is 1. The highest BCUT2D eigenvalue weighted by Crippen LogP contribution is 2.18. The number of hydrogen-bond acceptors (Lipinski definition) is 2. The number of nitrogens with zero attached hydrogens (tertiary/aromatic N) is 1. The van der Waals surface area contributed by atoms with Gasteiger partial charge in [-0.25, -0.2) is 4.39 Å². The van der Waals surface area contributed by atoms with E-state index in [2.05, 4.69) is 6.07 Å². The zero-order chi connectivity index (χ0) is 8.43. The van der Waals surface area contributed by atoms with Gasteiger partial charge < -0.3 is 0 Å². The van der Waals surface area contributed by atoms with Crippen molar-refractivity contribution in [3.05, 3.63) is 39.7 Å². The number of hydrogen-bond donors (Lipinski definition) is 0. The highest BCUT2D eigenvalue weighted by atomic mass is 19.1. The van der Waals surface area contributed by atoms with Crippen LogP contribution in [0.25, 0.3) is 0 Å². The molecule has 0 spiro atoms. The maximum absolute atomic E-state index is 12.6. The van der Waals surface area contributed by atoms with Crippen molar-refractivity contribution >= 4 is 5.69 Å². The van der Waals surface area contributed by atoms with Crippen molar-refractivity contribution in [2.45, 2.75) is 6.92 Å². The molecule has 1 aromatic carbocycles. The summed E-state index contributed by atoms with van der Waals surface area (Å²) >= 11 is 0. The number of nitro groups is 1. The van der Waals surface area contributed by atoms with Crippen molar-refractivity contribution in [1.82, 2.24) is 0 Å². The van der Waals surface area contributed by atoms with E-state index in [-0.39, 0.29) is 11.3 Å². The molecule has 3 nitrogen and oxygen atoms in total. The average molecular weight is 154 g/mol. The Labute approximate surface area is 62.6 Å². The summed E-state index contributed by atoms with van der Waals surface area (Å²) in [6.07, 6.45) is 0. The Morgan fingerprint density at radius 3 is 2.82 bits per heavy atom. The third-order valence-corrected chi connectivity index (χ3v) is 1.35. The molecule has 0 heterocycles. The van der Waals surface area contributed by atoms with Crippen LogP contribution in [-0.4, -0.2) is 4.92 Å². The van der Waals surface area contributed by atoms with Crippen LogP contribution in [-0.2, 0) is 0 Å². The van der Waals surface area contributed by atoms with Gasteiger partial charge >= 0.3 is 0 Å². The minimum absolute atomic E-state index is 0.0255. The molecular weight excluding hydrogens is 149 g/mol. The molecule has 0 saturated carbocycles. The summed E-state index contributed by atoms with van der Waals surface area (Å²) in [4.78, 5) is 9.53. The van der Waals surface area contributed by atoms with E-state index in [9.17, 15) is 14.5 Å². The first-order chi connectivity index (χ1) is 5.13. The van der Waals surface area contributed by atoms with Crippen molar-refractivity contribution in [3.63, 3.8) is 0 Å². The van der Waals surface area contributed by atoms with Crippen molar-refractivity contribution in [2.24, 2.45) is 0 Å². The molecule has 4 heteroatoms. The molecule has 0 amide bonds. The van der Waals surface area contributed by atoms with Crippen molar-refractivity contribution in [1.29, 1.82) is 0 Å². The molecule has 1 aromatic rings. The summed E-state index contributed by atoms with van der Waals surface area (Å²) in [6, 6.07) is 4.67. The van der Waals surface area contributed by atoms with Gasteiger partial charge in [0, 0.05) is 0 Å². The lowest BCUT2D eigenvalue weighted by Crippen LogP contribution is -1.93. The van der Waals surface area contributed by atoms with Crippen molar-refractivity contribution in [2.75, 3.05) is 0 Å². The second-order valence-corrected chi connectivity index (χ2v) is 2.06. The SMILES string of the molecule is Cc1c([N+](=O)[O-])[c]ccc1F. The minimum Gasteiger partial charge on any atom is -0.258 e. The molecule has 0 saturated heterocycles. The van der Waals surface area contributed by atoms with Crippen LogP contribution in [0.5, 0.6) is 0 Å². The first kappa shape index (κ1) is 7.65. The maximum atomic E-state index is 12.6. The summed E-state index contributed by atoms with van der Waals surface area (Å²) in [5.41, 5.74) is -0.275. The Bertz CT molecular complexity index is 298. The number of rotatable bonds is 1. The van der Waals surface area contributed by atoms with E-state index in [4.69, 9.17) is 0 Å². The molecular formula is C7H5FNO2. The minimum atomic E-state index is -0.654. The third kappa shape index (κ3) is 1.34. The number of halogens is 1. The lowest BCUT2D eigenvalue weighted by atomic mass is 10.2. The molecule has 0 aliphatic heterocycles. The predicted octanol–water partition coefficient (Wildman–Crippen LogP) is 1.84. The standard InChI is InChI=1S/C7H5FNO2/c1-5-6(8)3-2-4-7(5)9(10)11/h2-3H,1H3. The molecule has 0 aromatic heterocycles. The molecule has 0 unspecified atom stereocenters. The monoisotopic (exact) mass is 154 g/mol. The Morgan fingerprint density at radius 2 is 2.36 bits per heavy atom. The second kappa shape index (κ2) is 2.65. The molecule has 1 radical (unpaired) electrons. The van der Waals surface area contributed by atoms with E-state index in [1.165, 1.54) is 13.0 Å². The highest BCUT2D eigenvalue weighted by Gasteiger charge is 2.12. The predicted molar refractivity (Wildman–Crippen MR) is 36.6 cm³/mol.